The number of hydrogen-bond acceptors (Lipinski definition) is 4. The number of anilines is 2. The van der Waals surface area contributed by atoms with Gasteiger partial charge < -0.3 is 20.9 Å². The van der Waals surface area contributed by atoms with E-state index in [1.807, 2.05) is 0 Å². The summed E-state index contributed by atoms with van der Waals surface area (Å²) in [7, 11) is 0. The van der Waals surface area contributed by atoms with Crippen molar-refractivity contribution in [2.45, 2.75) is 51.4 Å². The minimum Gasteiger partial charge on any atom is -0.349 e. The van der Waals surface area contributed by atoms with Gasteiger partial charge in [0.25, 0.3) is 5.91 Å². The summed E-state index contributed by atoms with van der Waals surface area (Å²) >= 11 is 12.8. The largest absolute Gasteiger partial charge is 0.391 e. The zero-order chi connectivity index (χ0) is 28.5. The van der Waals surface area contributed by atoms with Crippen molar-refractivity contribution in [1.29, 1.82) is 0 Å². The Morgan fingerprint density at radius 3 is 2.49 bits per heavy atom. The van der Waals surface area contributed by atoms with E-state index in [9.17, 15) is 27.2 Å². The van der Waals surface area contributed by atoms with Crippen LogP contribution in [0.15, 0.2) is 36.4 Å². The van der Waals surface area contributed by atoms with Gasteiger partial charge in [-0.1, -0.05) is 35.8 Å². The molecular formula is C26H25Cl2F4N5O2. The molecule has 208 valence electrons. The number of halogens is 6. The molecule has 0 bridgehead atoms. The molecule has 4 N–H and O–H groups in total. The number of amides is 2. The van der Waals surface area contributed by atoms with Crippen LogP contribution in [0.3, 0.4) is 0 Å². The Morgan fingerprint density at radius 1 is 1.15 bits per heavy atom. The fourth-order valence-electron chi connectivity index (χ4n) is 4.38. The van der Waals surface area contributed by atoms with E-state index in [0.29, 0.717) is 16.8 Å². The quantitative estimate of drug-likeness (QED) is 0.181. The van der Waals surface area contributed by atoms with E-state index in [0.717, 1.165) is 6.07 Å². The van der Waals surface area contributed by atoms with Crippen molar-refractivity contribution in [3.63, 3.8) is 0 Å². The van der Waals surface area contributed by atoms with Gasteiger partial charge >= 0.3 is 6.18 Å². The molecule has 0 spiro atoms. The smallest absolute Gasteiger partial charge is 0.349 e. The molecule has 0 radical (unpaired) electrons. The van der Waals surface area contributed by atoms with E-state index in [1.54, 1.807) is 19.1 Å². The third-order valence-electron chi connectivity index (χ3n) is 6.58. The number of carbonyl (C=O) groups excluding carboxylic acids is 2. The normalized spacial score (nSPS) is 17.6. The highest BCUT2D eigenvalue weighted by Gasteiger charge is 2.41. The molecule has 0 aliphatic heterocycles. The molecule has 1 aliphatic rings. The standard InChI is InChI=1S/C26H25Cl2F4N5O2/c1-12(2)23(38)33-11-13-3-8-17(27)22(21(13)28)37-25-35-19-9-16(18(29)10-20(19)36-25)24(39)34-15-6-4-14(5-7-15)26(30,31)32/h3,8-10,14-15H,1,4-7,11H2,2H3,(H,33,38)(H,34,39)(H2,35,36,37). The molecule has 7 nitrogen and oxygen atoms in total. The molecule has 13 heteroatoms. The van der Waals surface area contributed by atoms with Crippen LogP contribution in [-0.2, 0) is 11.3 Å². The molecule has 4 rings (SSSR count). The number of aromatic nitrogens is 2. The minimum atomic E-state index is -4.26. The van der Waals surface area contributed by atoms with E-state index < -0.39 is 29.9 Å². The number of H-pyrrole nitrogens is 1. The predicted molar refractivity (Wildman–Crippen MR) is 142 cm³/mol. The second kappa shape index (κ2) is 11.4. The Kier molecular flexibility index (Phi) is 8.41. The molecule has 1 fully saturated rings. The SMILES string of the molecule is C=C(C)C(=O)NCc1ccc(Cl)c(Nc2nc3cc(C(=O)NC4CCC(C(F)(F)F)CC4)c(F)cc3[nH]2)c1Cl. The molecule has 1 heterocycles. The molecule has 0 atom stereocenters. The van der Waals surface area contributed by atoms with Gasteiger partial charge in [0.05, 0.1) is 38.2 Å². The summed E-state index contributed by atoms with van der Waals surface area (Å²) in [5, 5.41) is 8.78. The summed E-state index contributed by atoms with van der Waals surface area (Å²) in [5.41, 5.74) is 1.49. The number of benzene rings is 2. The Labute approximate surface area is 231 Å². The van der Waals surface area contributed by atoms with Gasteiger partial charge in [-0.05, 0) is 50.3 Å². The van der Waals surface area contributed by atoms with Crippen LogP contribution in [0.4, 0.5) is 29.2 Å². The van der Waals surface area contributed by atoms with Crippen molar-refractivity contribution in [1.82, 2.24) is 20.6 Å². The van der Waals surface area contributed by atoms with Gasteiger partial charge in [-0.3, -0.25) is 9.59 Å². The highest BCUT2D eigenvalue weighted by atomic mass is 35.5. The lowest BCUT2D eigenvalue weighted by molar-refractivity contribution is -0.182. The molecule has 2 amide bonds. The van der Waals surface area contributed by atoms with Crippen molar-refractivity contribution >= 4 is 57.7 Å². The Balaban J connectivity index is 1.49. The second-order valence-corrected chi connectivity index (χ2v) is 10.3. The first-order valence-corrected chi connectivity index (χ1v) is 12.8. The van der Waals surface area contributed by atoms with Crippen LogP contribution in [0.2, 0.25) is 10.0 Å². The molecule has 1 aromatic heterocycles. The van der Waals surface area contributed by atoms with Gasteiger partial charge in [-0.2, -0.15) is 13.2 Å². The van der Waals surface area contributed by atoms with Crippen molar-refractivity contribution in [3.05, 3.63) is 63.4 Å². The number of fused-ring (bicyclic) bond motifs is 1. The van der Waals surface area contributed by atoms with Gasteiger partial charge in [0.15, 0.2) is 0 Å². The van der Waals surface area contributed by atoms with Crippen LogP contribution in [0.25, 0.3) is 11.0 Å². The van der Waals surface area contributed by atoms with E-state index in [2.05, 4.69) is 32.5 Å². The lowest BCUT2D eigenvalue weighted by Crippen LogP contribution is -2.40. The third-order valence-corrected chi connectivity index (χ3v) is 7.33. The molecule has 0 unspecified atom stereocenters. The van der Waals surface area contributed by atoms with E-state index in [1.165, 1.54) is 6.07 Å². The number of nitrogens with zero attached hydrogens (tertiary/aromatic N) is 1. The lowest BCUT2D eigenvalue weighted by Gasteiger charge is -2.30. The summed E-state index contributed by atoms with van der Waals surface area (Å²) < 4.78 is 53.5. The molecule has 0 saturated heterocycles. The number of nitrogens with one attached hydrogen (secondary N) is 4. The fourth-order valence-corrected chi connectivity index (χ4v) is 4.92. The summed E-state index contributed by atoms with van der Waals surface area (Å²) in [5.74, 6) is -3.09. The highest BCUT2D eigenvalue weighted by Crippen LogP contribution is 2.38. The minimum absolute atomic E-state index is 0.0864. The summed E-state index contributed by atoms with van der Waals surface area (Å²) in [6.07, 6.45) is -4.11. The topological polar surface area (TPSA) is 98.9 Å². The van der Waals surface area contributed by atoms with Crippen molar-refractivity contribution in [2.75, 3.05) is 5.32 Å². The second-order valence-electron chi connectivity index (χ2n) is 9.48. The van der Waals surface area contributed by atoms with Crippen LogP contribution in [-0.4, -0.2) is 34.0 Å². The number of hydrogen-bond donors (Lipinski definition) is 4. The average Bonchev–Trinajstić information content (AvgIpc) is 3.26. The molecule has 3 aromatic rings. The van der Waals surface area contributed by atoms with Crippen LogP contribution >= 0.6 is 23.2 Å². The van der Waals surface area contributed by atoms with E-state index >= 15 is 0 Å². The monoisotopic (exact) mass is 585 g/mol. The van der Waals surface area contributed by atoms with Gasteiger partial charge in [-0.15, -0.1) is 0 Å². The number of imidazole rings is 1. The highest BCUT2D eigenvalue weighted by molar-refractivity contribution is 6.39. The number of aromatic amines is 1. The van der Waals surface area contributed by atoms with Crippen molar-refractivity contribution in [2.24, 2.45) is 5.92 Å². The Bertz CT molecular complexity index is 1430. The number of rotatable bonds is 7. The van der Waals surface area contributed by atoms with Crippen LogP contribution in [0, 0.1) is 11.7 Å². The van der Waals surface area contributed by atoms with Gasteiger partial charge in [0.2, 0.25) is 11.9 Å². The maximum atomic E-state index is 14.8. The lowest BCUT2D eigenvalue weighted by atomic mass is 9.85. The third kappa shape index (κ3) is 6.65. The average molecular weight is 586 g/mol. The molecule has 1 saturated carbocycles. The Morgan fingerprint density at radius 2 is 1.85 bits per heavy atom. The molecule has 39 heavy (non-hydrogen) atoms. The number of carbonyl (C=O) groups is 2. The summed E-state index contributed by atoms with van der Waals surface area (Å²) in [6.45, 7) is 5.28. The summed E-state index contributed by atoms with van der Waals surface area (Å²) in [6, 6.07) is 5.14. The van der Waals surface area contributed by atoms with Crippen LogP contribution in [0.5, 0.6) is 0 Å². The Hall–Kier alpha value is -3.31. The maximum absolute atomic E-state index is 14.8. The predicted octanol–water partition coefficient (Wildman–Crippen LogP) is 6.80. The first-order valence-electron chi connectivity index (χ1n) is 12.1. The summed E-state index contributed by atoms with van der Waals surface area (Å²) in [4.78, 5) is 31.8. The first kappa shape index (κ1) is 28.7. The zero-order valence-electron chi connectivity index (χ0n) is 20.7. The van der Waals surface area contributed by atoms with Crippen molar-refractivity contribution < 1.29 is 27.2 Å². The molecule has 2 aromatic carbocycles. The van der Waals surface area contributed by atoms with E-state index in [4.69, 9.17) is 23.2 Å². The van der Waals surface area contributed by atoms with E-state index in [-0.39, 0.29) is 70.7 Å². The fraction of sp³-hybridized carbons (Fsp3) is 0.346. The van der Waals surface area contributed by atoms with Gasteiger partial charge in [0, 0.05) is 24.2 Å². The van der Waals surface area contributed by atoms with Crippen LogP contribution < -0.4 is 16.0 Å². The first-order chi connectivity index (χ1) is 18.3. The maximum Gasteiger partial charge on any atom is 0.391 e. The number of alkyl halides is 3. The van der Waals surface area contributed by atoms with Gasteiger partial charge in [0.1, 0.15) is 5.82 Å². The van der Waals surface area contributed by atoms with Gasteiger partial charge in [-0.25, -0.2) is 9.37 Å². The van der Waals surface area contributed by atoms with Crippen molar-refractivity contribution in [3.8, 4) is 0 Å². The molecular weight excluding hydrogens is 561 g/mol. The zero-order valence-corrected chi connectivity index (χ0v) is 22.3. The van der Waals surface area contributed by atoms with Crippen LogP contribution in [0.1, 0.15) is 48.5 Å². The molecule has 1 aliphatic carbocycles.